The van der Waals surface area contributed by atoms with Gasteiger partial charge in [0.1, 0.15) is 5.75 Å². The lowest BCUT2D eigenvalue weighted by molar-refractivity contribution is 0.413. The molecule has 0 heterocycles. The van der Waals surface area contributed by atoms with Gasteiger partial charge in [0, 0.05) is 6.54 Å². The molecule has 0 spiro atoms. The quantitative estimate of drug-likeness (QED) is 0.739. The Bertz CT molecular complexity index is 302. The first-order valence-corrected chi connectivity index (χ1v) is 5.80. The second-order valence-corrected chi connectivity index (χ2v) is 4.16. The van der Waals surface area contributed by atoms with Crippen LogP contribution in [0.5, 0.6) is 5.75 Å². The minimum atomic E-state index is 0.635. The minimum Gasteiger partial charge on any atom is -0.497 e. The van der Waals surface area contributed by atoms with Crippen LogP contribution in [-0.2, 0) is 6.54 Å². The largest absolute Gasteiger partial charge is 0.497 e. The van der Waals surface area contributed by atoms with E-state index in [0.29, 0.717) is 5.92 Å². The normalized spacial score (nSPS) is 12.4. The Labute approximate surface area is 98.0 Å². The van der Waals surface area contributed by atoms with Gasteiger partial charge in [-0.05, 0) is 43.1 Å². The van der Waals surface area contributed by atoms with Gasteiger partial charge in [0.2, 0.25) is 0 Å². The van der Waals surface area contributed by atoms with E-state index in [2.05, 4.69) is 24.4 Å². The van der Waals surface area contributed by atoms with Crippen molar-refractivity contribution in [3.05, 3.63) is 29.8 Å². The van der Waals surface area contributed by atoms with Gasteiger partial charge in [-0.1, -0.05) is 19.1 Å². The molecule has 0 saturated heterocycles. The number of hydrogen-bond acceptors (Lipinski definition) is 3. The first kappa shape index (κ1) is 13.0. The van der Waals surface area contributed by atoms with Crippen LogP contribution in [0.15, 0.2) is 24.3 Å². The maximum atomic E-state index is 5.51. The second-order valence-electron chi connectivity index (χ2n) is 4.16. The van der Waals surface area contributed by atoms with Crippen LogP contribution in [0.3, 0.4) is 0 Å². The minimum absolute atomic E-state index is 0.635. The number of nitrogens with two attached hydrogens (primary N) is 1. The van der Waals surface area contributed by atoms with Gasteiger partial charge >= 0.3 is 0 Å². The van der Waals surface area contributed by atoms with E-state index in [-0.39, 0.29) is 0 Å². The Balaban J connectivity index is 2.31. The zero-order valence-electron chi connectivity index (χ0n) is 10.2. The molecule has 1 aromatic rings. The van der Waals surface area contributed by atoms with E-state index in [1.54, 1.807) is 7.11 Å². The summed E-state index contributed by atoms with van der Waals surface area (Å²) in [5.74, 6) is 1.55. The van der Waals surface area contributed by atoms with E-state index in [4.69, 9.17) is 10.5 Å². The summed E-state index contributed by atoms with van der Waals surface area (Å²) in [7, 11) is 1.69. The van der Waals surface area contributed by atoms with Gasteiger partial charge in [0.05, 0.1) is 7.11 Å². The van der Waals surface area contributed by atoms with Gasteiger partial charge in [0.25, 0.3) is 0 Å². The molecule has 0 aliphatic carbocycles. The summed E-state index contributed by atoms with van der Waals surface area (Å²) >= 11 is 0. The predicted molar refractivity (Wildman–Crippen MR) is 67.5 cm³/mol. The summed E-state index contributed by atoms with van der Waals surface area (Å²) < 4.78 is 5.18. The van der Waals surface area contributed by atoms with Crippen LogP contribution in [0.2, 0.25) is 0 Å². The van der Waals surface area contributed by atoms with Crippen molar-refractivity contribution in [3.63, 3.8) is 0 Å². The predicted octanol–water partition coefficient (Wildman–Crippen LogP) is 1.77. The Morgan fingerprint density at radius 2 is 2.25 bits per heavy atom. The Morgan fingerprint density at radius 1 is 1.44 bits per heavy atom. The lowest BCUT2D eigenvalue weighted by Crippen LogP contribution is -2.22. The molecule has 0 amide bonds. The zero-order chi connectivity index (χ0) is 11.8. The molecule has 0 aromatic heterocycles. The number of benzene rings is 1. The standard InChI is InChI=1S/C13H22N2O/c1-11(6-7-14)9-15-10-12-4-3-5-13(8-12)16-2/h3-5,8,11,15H,6-7,9-10,14H2,1-2H3. The summed E-state index contributed by atoms with van der Waals surface area (Å²) in [6.07, 6.45) is 1.07. The molecule has 0 aliphatic heterocycles. The highest BCUT2D eigenvalue weighted by atomic mass is 16.5. The SMILES string of the molecule is COc1cccc(CNCC(C)CCN)c1. The van der Waals surface area contributed by atoms with Crippen molar-refractivity contribution in [2.45, 2.75) is 19.9 Å². The fourth-order valence-electron chi connectivity index (χ4n) is 1.63. The van der Waals surface area contributed by atoms with E-state index in [0.717, 1.165) is 31.8 Å². The van der Waals surface area contributed by atoms with Crippen molar-refractivity contribution in [2.75, 3.05) is 20.2 Å². The topological polar surface area (TPSA) is 47.3 Å². The number of methoxy groups -OCH3 is 1. The molecule has 3 heteroatoms. The Kier molecular flexibility index (Phi) is 5.90. The van der Waals surface area contributed by atoms with Crippen LogP contribution in [0.1, 0.15) is 18.9 Å². The molecule has 90 valence electrons. The van der Waals surface area contributed by atoms with Gasteiger partial charge in [-0.2, -0.15) is 0 Å². The van der Waals surface area contributed by atoms with Gasteiger partial charge < -0.3 is 15.8 Å². The maximum absolute atomic E-state index is 5.51. The molecule has 0 saturated carbocycles. The summed E-state index contributed by atoms with van der Waals surface area (Å²) in [5.41, 5.74) is 6.76. The third-order valence-corrected chi connectivity index (χ3v) is 2.62. The average molecular weight is 222 g/mol. The molecule has 0 radical (unpaired) electrons. The molecule has 16 heavy (non-hydrogen) atoms. The average Bonchev–Trinajstić information content (AvgIpc) is 2.30. The van der Waals surface area contributed by atoms with Gasteiger partial charge in [-0.25, -0.2) is 0 Å². The number of ether oxygens (including phenoxy) is 1. The van der Waals surface area contributed by atoms with E-state index in [1.807, 2.05) is 12.1 Å². The van der Waals surface area contributed by atoms with E-state index < -0.39 is 0 Å². The lowest BCUT2D eigenvalue weighted by Gasteiger charge is -2.11. The molecule has 3 N–H and O–H groups in total. The van der Waals surface area contributed by atoms with Crippen LogP contribution in [0.25, 0.3) is 0 Å². The molecule has 1 unspecified atom stereocenters. The van der Waals surface area contributed by atoms with Crippen LogP contribution in [-0.4, -0.2) is 20.2 Å². The van der Waals surface area contributed by atoms with Crippen molar-refractivity contribution >= 4 is 0 Å². The number of rotatable bonds is 7. The third-order valence-electron chi connectivity index (χ3n) is 2.62. The monoisotopic (exact) mass is 222 g/mol. The van der Waals surface area contributed by atoms with E-state index in [9.17, 15) is 0 Å². The van der Waals surface area contributed by atoms with Crippen molar-refractivity contribution in [1.29, 1.82) is 0 Å². The molecular formula is C13H22N2O. The summed E-state index contributed by atoms with van der Waals surface area (Å²) in [6.45, 7) is 4.87. The highest BCUT2D eigenvalue weighted by Gasteiger charge is 2.00. The van der Waals surface area contributed by atoms with Gasteiger partial charge in [-0.15, -0.1) is 0 Å². The van der Waals surface area contributed by atoms with Gasteiger partial charge in [0.15, 0.2) is 0 Å². The summed E-state index contributed by atoms with van der Waals surface area (Å²) in [6, 6.07) is 8.13. The van der Waals surface area contributed by atoms with Crippen molar-refractivity contribution < 1.29 is 4.74 Å². The number of nitrogens with one attached hydrogen (secondary N) is 1. The van der Waals surface area contributed by atoms with E-state index in [1.165, 1.54) is 5.56 Å². The maximum Gasteiger partial charge on any atom is 0.119 e. The molecule has 0 aliphatic rings. The van der Waals surface area contributed by atoms with Crippen molar-refractivity contribution in [1.82, 2.24) is 5.32 Å². The molecular weight excluding hydrogens is 200 g/mol. The first-order chi connectivity index (χ1) is 7.76. The second kappa shape index (κ2) is 7.25. The summed E-state index contributed by atoms with van der Waals surface area (Å²) in [5, 5.41) is 3.43. The zero-order valence-corrected chi connectivity index (χ0v) is 10.2. The fraction of sp³-hybridized carbons (Fsp3) is 0.538. The van der Waals surface area contributed by atoms with E-state index >= 15 is 0 Å². The fourth-order valence-corrected chi connectivity index (χ4v) is 1.63. The summed E-state index contributed by atoms with van der Waals surface area (Å²) in [4.78, 5) is 0. The van der Waals surface area contributed by atoms with Crippen LogP contribution < -0.4 is 15.8 Å². The van der Waals surface area contributed by atoms with Crippen LogP contribution in [0.4, 0.5) is 0 Å². The molecule has 0 bridgehead atoms. The van der Waals surface area contributed by atoms with Gasteiger partial charge in [-0.3, -0.25) is 0 Å². The highest BCUT2D eigenvalue weighted by Crippen LogP contribution is 2.12. The molecule has 3 nitrogen and oxygen atoms in total. The third kappa shape index (κ3) is 4.64. The Hall–Kier alpha value is -1.06. The number of hydrogen-bond donors (Lipinski definition) is 2. The molecule has 1 aromatic carbocycles. The van der Waals surface area contributed by atoms with Crippen LogP contribution in [0, 0.1) is 5.92 Å². The highest BCUT2D eigenvalue weighted by molar-refractivity contribution is 5.28. The van der Waals surface area contributed by atoms with Crippen LogP contribution >= 0.6 is 0 Å². The molecule has 0 fully saturated rings. The van der Waals surface area contributed by atoms with Crippen molar-refractivity contribution in [3.8, 4) is 5.75 Å². The smallest absolute Gasteiger partial charge is 0.119 e. The molecule has 1 atom stereocenters. The van der Waals surface area contributed by atoms with Crippen molar-refractivity contribution in [2.24, 2.45) is 11.7 Å². The molecule has 1 rings (SSSR count). The Morgan fingerprint density at radius 3 is 2.94 bits per heavy atom. The lowest BCUT2D eigenvalue weighted by atomic mass is 10.1. The first-order valence-electron chi connectivity index (χ1n) is 5.80.